The molecule has 21 heavy (non-hydrogen) atoms. The lowest BCUT2D eigenvalue weighted by Crippen LogP contribution is -2.24. The molecule has 0 fully saturated rings. The summed E-state index contributed by atoms with van der Waals surface area (Å²) >= 11 is 0. The van der Waals surface area contributed by atoms with Crippen LogP contribution in [0.2, 0.25) is 0 Å². The summed E-state index contributed by atoms with van der Waals surface area (Å²) in [5.74, 6) is -0.428. The highest BCUT2D eigenvalue weighted by atomic mass is 19.1. The van der Waals surface area contributed by atoms with Gasteiger partial charge in [-0.3, -0.25) is 4.68 Å². The van der Waals surface area contributed by atoms with Crippen LogP contribution in [0, 0.1) is 11.6 Å². The molecule has 1 atom stereocenters. The van der Waals surface area contributed by atoms with E-state index in [9.17, 15) is 8.78 Å². The van der Waals surface area contributed by atoms with Gasteiger partial charge in [-0.05, 0) is 39.1 Å². The van der Waals surface area contributed by atoms with Gasteiger partial charge >= 0.3 is 0 Å². The van der Waals surface area contributed by atoms with Crippen molar-refractivity contribution in [3.8, 4) is 5.75 Å². The van der Waals surface area contributed by atoms with Crippen molar-refractivity contribution in [2.45, 2.75) is 25.9 Å². The van der Waals surface area contributed by atoms with Crippen LogP contribution in [0.1, 0.15) is 37.2 Å². The zero-order valence-corrected chi connectivity index (χ0v) is 12.5. The molecule has 0 radical (unpaired) electrons. The summed E-state index contributed by atoms with van der Waals surface area (Å²) in [4.78, 5) is 0. The van der Waals surface area contributed by atoms with E-state index in [4.69, 9.17) is 4.74 Å². The highest BCUT2D eigenvalue weighted by molar-refractivity contribution is 5.37. The Bertz CT molecular complexity index is 625. The molecule has 0 saturated heterocycles. The van der Waals surface area contributed by atoms with Crippen molar-refractivity contribution < 1.29 is 13.5 Å². The van der Waals surface area contributed by atoms with Gasteiger partial charge in [0.2, 0.25) is 0 Å². The third-order valence-corrected chi connectivity index (χ3v) is 3.34. The van der Waals surface area contributed by atoms with Crippen LogP contribution in [-0.4, -0.2) is 23.9 Å². The van der Waals surface area contributed by atoms with Crippen LogP contribution in [0.4, 0.5) is 8.78 Å². The van der Waals surface area contributed by atoms with Gasteiger partial charge in [-0.15, -0.1) is 0 Å². The highest BCUT2D eigenvalue weighted by Crippen LogP contribution is 2.33. The molecular weight excluding hydrogens is 276 g/mol. The van der Waals surface area contributed by atoms with E-state index >= 15 is 0 Å². The zero-order chi connectivity index (χ0) is 15.6. The van der Waals surface area contributed by atoms with E-state index < -0.39 is 17.7 Å². The average Bonchev–Trinajstić information content (AvgIpc) is 2.87. The van der Waals surface area contributed by atoms with E-state index in [-0.39, 0.29) is 11.6 Å². The van der Waals surface area contributed by atoms with Crippen molar-refractivity contribution in [3.63, 3.8) is 0 Å². The van der Waals surface area contributed by atoms with Crippen LogP contribution in [-0.2, 0) is 0 Å². The maximum Gasteiger partial charge on any atom is 0.161 e. The second-order valence-electron chi connectivity index (χ2n) is 5.02. The van der Waals surface area contributed by atoms with Crippen LogP contribution >= 0.6 is 0 Å². The number of nitrogens with one attached hydrogen (secondary N) is 1. The van der Waals surface area contributed by atoms with Gasteiger partial charge in [0.15, 0.2) is 5.75 Å². The van der Waals surface area contributed by atoms with E-state index in [1.165, 1.54) is 13.2 Å². The van der Waals surface area contributed by atoms with Gasteiger partial charge < -0.3 is 10.1 Å². The van der Waals surface area contributed by atoms with Crippen molar-refractivity contribution in [3.05, 3.63) is 47.3 Å². The Labute approximate surface area is 122 Å². The SMILES string of the molecule is CNC(c1cc(F)ccc1F)c1c(OC)cnn1C(C)C. The fourth-order valence-electron chi connectivity index (χ4n) is 2.37. The number of methoxy groups -OCH3 is 1. The van der Waals surface area contributed by atoms with Crippen molar-refractivity contribution in [1.82, 2.24) is 15.1 Å². The van der Waals surface area contributed by atoms with Gasteiger partial charge in [-0.2, -0.15) is 5.10 Å². The highest BCUT2D eigenvalue weighted by Gasteiger charge is 2.26. The Morgan fingerprint density at radius 1 is 1.29 bits per heavy atom. The van der Waals surface area contributed by atoms with Gasteiger partial charge in [-0.25, -0.2) is 8.78 Å². The van der Waals surface area contributed by atoms with Crippen molar-refractivity contribution in [1.29, 1.82) is 0 Å². The molecule has 0 aliphatic rings. The Morgan fingerprint density at radius 2 is 2.00 bits per heavy atom. The van der Waals surface area contributed by atoms with Gasteiger partial charge in [-0.1, -0.05) is 0 Å². The summed E-state index contributed by atoms with van der Waals surface area (Å²) in [6.45, 7) is 3.93. The van der Waals surface area contributed by atoms with Gasteiger partial charge in [0.05, 0.1) is 19.3 Å². The van der Waals surface area contributed by atoms with Crippen LogP contribution in [0.3, 0.4) is 0 Å². The van der Waals surface area contributed by atoms with Crippen LogP contribution in [0.15, 0.2) is 24.4 Å². The molecule has 1 N–H and O–H groups in total. The number of halogens is 2. The van der Waals surface area contributed by atoms with Crippen LogP contribution < -0.4 is 10.1 Å². The number of nitrogens with zero attached hydrogens (tertiary/aromatic N) is 2. The first-order valence-corrected chi connectivity index (χ1v) is 6.73. The lowest BCUT2D eigenvalue weighted by molar-refractivity contribution is 0.394. The van der Waals surface area contributed by atoms with E-state index in [1.807, 2.05) is 13.8 Å². The second kappa shape index (κ2) is 6.22. The Balaban J connectivity index is 2.61. The summed E-state index contributed by atoms with van der Waals surface area (Å²) in [5, 5.41) is 7.28. The molecule has 6 heteroatoms. The van der Waals surface area contributed by atoms with E-state index in [0.717, 1.165) is 12.1 Å². The van der Waals surface area contributed by atoms with Crippen LogP contribution in [0.5, 0.6) is 5.75 Å². The molecule has 114 valence electrons. The minimum Gasteiger partial charge on any atom is -0.493 e. The summed E-state index contributed by atoms with van der Waals surface area (Å²) in [6.07, 6.45) is 1.58. The summed E-state index contributed by atoms with van der Waals surface area (Å²) in [5.41, 5.74) is 0.887. The van der Waals surface area contributed by atoms with Gasteiger partial charge in [0.1, 0.15) is 17.3 Å². The lowest BCUT2D eigenvalue weighted by atomic mass is 10.0. The van der Waals surface area contributed by atoms with Crippen molar-refractivity contribution in [2.24, 2.45) is 0 Å². The quantitative estimate of drug-likeness (QED) is 0.921. The molecule has 0 saturated carbocycles. The molecule has 1 unspecified atom stereocenters. The molecule has 1 aromatic carbocycles. The third-order valence-electron chi connectivity index (χ3n) is 3.34. The number of aromatic nitrogens is 2. The fraction of sp³-hybridized carbons (Fsp3) is 0.400. The molecule has 0 aliphatic heterocycles. The maximum atomic E-state index is 14.1. The van der Waals surface area contributed by atoms with Crippen molar-refractivity contribution >= 4 is 0 Å². The normalized spacial score (nSPS) is 12.7. The predicted octanol–water partition coefficient (Wildman–Crippen LogP) is 3.06. The monoisotopic (exact) mass is 295 g/mol. The minimum atomic E-state index is -0.555. The molecule has 2 rings (SSSR count). The summed E-state index contributed by atoms with van der Waals surface area (Å²) in [6, 6.07) is 2.92. The fourth-order valence-corrected chi connectivity index (χ4v) is 2.37. The standard InChI is InChI=1S/C15H19F2N3O/c1-9(2)20-15(13(21-4)8-19-20)14(18-3)11-7-10(16)5-6-12(11)17/h5-9,14,18H,1-4H3. The zero-order valence-electron chi connectivity index (χ0n) is 12.5. The molecule has 0 aliphatic carbocycles. The number of rotatable bonds is 5. The molecule has 2 aromatic rings. The van der Waals surface area contributed by atoms with Gasteiger partial charge in [0.25, 0.3) is 0 Å². The summed E-state index contributed by atoms with van der Waals surface area (Å²) in [7, 11) is 3.21. The van der Waals surface area contributed by atoms with E-state index in [0.29, 0.717) is 11.4 Å². The molecule has 0 spiro atoms. The first-order chi connectivity index (χ1) is 9.99. The van der Waals surface area contributed by atoms with Crippen LogP contribution in [0.25, 0.3) is 0 Å². The largest absolute Gasteiger partial charge is 0.493 e. The van der Waals surface area contributed by atoms with Gasteiger partial charge in [0, 0.05) is 11.6 Å². The Morgan fingerprint density at radius 3 is 2.57 bits per heavy atom. The number of hydrogen-bond donors (Lipinski definition) is 1. The summed E-state index contributed by atoms with van der Waals surface area (Å²) < 4.78 is 34.6. The molecule has 0 bridgehead atoms. The van der Waals surface area contributed by atoms with Crippen molar-refractivity contribution in [2.75, 3.05) is 14.2 Å². The first-order valence-electron chi connectivity index (χ1n) is 6.73. The molecular formula is C15H19F2N3O. The van der Waals surface area contributed by atoms with E-state index in [1.54, 1.807) is 17.9 Å². The molecule has 4 nitrogen and oxygen atoms in total. The average molecular weight is 295 g/mol. The molecule has 1 heterocycles. The first kappa shape index (κ1) is 15.4. The predicted molar refractivity (Wildman–Crippen MR) is 76.4 cm³/mol. The molecule has 1 aromatic heterocycles. The minimum absolute atomic E-state index is 0.0661. The number of ether oxygens (including phenoxy) is 1. The second-order valence-corrected chi connectivity index (χ2v) is 5.02. The van der Waals surface area contributed by atoms with E-state index in [2.05, 4.69) is 10.4 Å². The Kier molecular flexibility index (Phi) is 4.57. The smallest absolute Gasteiger partial charge is 0.161 e. The Hall–Kier alpha value is -1.95. The molecule has 0 amide bonds. The topological polar surface area (TPSA) is 39.1 Å². The number of benzene rings is 1. The number of hydrogen-bond acceptors (Lipinski definition) is 3. The maximum absolute atomic E-state index is 14.1. The third kappa shape index (κ3) is 2.90. The lowest BCUT2D eigenvalue weighted by Gasteiger charge is -2.22.